The van der Waals surface area contributed by atoms with Crippen LogP contribution in [0.25, 0.3) is 11.0 Å². The maximum atomic E-state index is 14.2. The molecule has 1 heterocycles. The highest BCUT2D eigenvalue weighted by Gasteiger charge is 2.17. The predicted molar refractivity (Wildman–Crippen MR) is 82.8 cm³/mol. The Hall–Kier alpha value is -2.83. The van der Waals surface area contributed by atoms with E-state index in [-0.39, 0.29) is 28.5 Å². The first-order chi connectivity index (χ1) is 10.9. The molecule has 0 fully saturated rings. The van der Waals surface area contributed by atoms with Crippen molar-refractivity contribution in [1.82, 2.24) is 9.55 Å². The van der Waals surface area contributed by atoms with Crippen LogP contribution in [-0.4, -0.2) is 16.7 Å². The van der Waals surface area contributed by atoms with Crippen LogP contribution in [0.3, 0.4) is 0 Å². The van der Waals surface area contributed by atoms with Gasteiger partial charge in [0.25, 0.3) is 0 Å². The first-order valence-electron chi connectivity index (χ1n) is 6.83. The number of methoxy groups -OCH3 is 1. The molecule has 0 saturated heterocycles. The maximum absolute atomic E-state index is 14.2. The third-order valence-electron chi connectivity index (χ3n) is 3.65. The summed E-state index contributed by atoms with van der Waals surface area (Å²) in [6.45, 7) is 1.52. The zero-order chi connectivity index (χ0) is 16.7. The highest BCUT2D eigenvalue weighted by molar-refractivity contribution is 5.78. The molecule has 1 aromatic heterocycles. The molecule has 0 aliphatic heterocycles. The van der Waals surface area contributed by atoms with E-state index in [2.05, 4.69) is 4.98 Å². The van der Waals surface area contributed by atoms with Crippen molar-refractivity contribution in [3.05, 3.63) is 41.7 Å². The number of aromatic nitrogens is 2. The summed E-state index contributed by atoms with van der Waals surface area (Å²) >= 11 is 0. The van der Waals surface area contributed by atoms with Gasteiger partial charge in [-0.05, 0) is 6.92 Å². The number of fused-ring (bicyclic) bond motifs is 1. The molecular formula is C16H15F2N3O2. The number of nitrogens with zero attached hydrogens (tertiary/aromatic N) is 2. The Kier molecular flexibility index (Phi) is 3.55. The van der Waals surface area contributed by atoms with E-state index in [4.69, 9.17) is 15.2 Å². The summed E-state index contributed by atoms with van der Waals surface area (Å²) in [6.07, 6.45) is 1.51. The number of ether oxygens (including phenoxy) is 2. The molecule has 0 spiro atoms. The van der Waals surface area contributed by atoms with Crippen molar-refractivity contribution in [2.24, 2.45) is 7.05 Å². The lowest BCUT2D eigenvalue weighted by Gasteiger charge is -2.14. The second-order valence-corrected chi connectivity index (χ2v) is 5.16. The number of nitrogens with two attached hydrogens (primary N) is 1. The number of hydrogen-bond donors (Lipinski definition) is 1. The van der Waals surface area contributed by atoms with Crippen LogP contribution in [0.1, 0.15) is 5.56 Å². The molecule has 2 aromatic carbocycles. The Morgan fingerprint density at radius 3 is 2.61 bits per heavy atom. The van der Waals surface area contributed by atoms with Gasteiger partial charge in [0.15, 0.2) is 11.6 Å². The Morgan fingerprint density at radius 1 is 1.17 bits per heavy atom. The minimum absolute atomic E-state index is 0.0938. The second-order valence-electron chi connectivity index (χ2n) is 5.16. The van der Waals surface area contributed by atoms with Gasteiger partial charge in [-0.2, -0.15) is 0 Å². The SMILES string of the molecule is COc1cc(Oc2cc(F)c3c(c2)ncn3C)c(C)c(F)c1N. The van der Waals surface area contributed by atoms with E-state index in [1.807, 2.05) is 0 Å². The smallest absolute Gasteiger partial charge is 0.156 e. The number of benzene rings is 2. The summed E-state index contributed by atoms with van der Waals surface area (Å²) in [5.41, 5.74) is 6.57. The average Bonchev–Trinajstić information content (AvgIpc) is 2.89. The number of imidazole rings is 1. The third kappa shape index (κ3) is 2.44. The van der Waals surface area contributed by atoms with E-state index < -0.39 is 11.6 Å². The molecule has 0 saturated carbocycles. The van der Waals surface area contributed by atoms with Gasteiger partial charge in [0.1, 0.15) is 28.5 Å². The molecule has 120 valence electrons. The van der Waals surface area contributed by atoms with Crippen LogP contribution in [0.2, 0.25) is 0 Å². The minimum atomic E-state index is -0.626. The summed E-state index contributed by atoms with van der Waals surface area (Å²) < 4.78 is 40.5. The molecule has 0 aliphatic rings. The number of anilines is 1. The number of aryl methyl sites for hydroxylation is 1. The molecule has 0 amide bonds. The van der Waals surface area contributed by atoms with E-state index in [0.29, 0.717) is 11.0 Å². The lowest BCUT2D eigenvalue weighted by molar-refractivity contribution is 0.405. The molecule has 0 bridgehead atoms. The lowest BCUT2D eigenvalue weighted by Crippen LogP contribution is -2.01. The van der Waals surface area contributed by atoms with Crippen LogP contribution in [0.5, 0.6) is 17.2 Å². The molecule has 0 atom stereocenters. The first-order valence-corrected chi connectivity index (χ1v) is 6.83. The maximum Gasteiger partial charge on any atom is 0.156 e. The summed E-state index contributed by atoms with van der Waals surface area (Å²) in [7, 11) is 3.08. The van der Waals surface area contributed by atoms with Crippen molar-refractivity contribution in [2.75, 3.05) is 12.8 Å². The van der Waals surface area contributed by atoms with Crippen molar-refractivity contribution in [3.8, 4) is 17.2 Å². The Bertz CT molecular complexity index is 906. The molecule has 3 rings (SSSR count). The van der Waals surface area contributed by atoms with Gasteiger partial charge < -0.3 is 19.8 Å². The summed E-state index contributed by atoms with van der Waals surface area (Å²) in [5, 5.41) is 0. The zero-order valence-electron chi connectivity index (χ0n) is 12.9. The van der Waals surface area contributed by atoms with Crippen LogP contribution >= 0.6 is 0 Å². The Labute approximate surface area is 131 Å². The van der Waals surface area contributed by atoms with Crippen molar-refractivity contribution >= 4 is 16.7 Å². The largest absolute Gasteiger partial charge is 0.494 e. The number of nitrogen functional groups attached to an aromatic ring is 1. The minimum Gasteiger partial charge on any atom is -0.494 e. The van der Waals surface area contributed by atoms with Crippen LogP contribution in [0.4, 0.5) is 14.5 Å². The van der Waals surface area contributed by atoms with Gasteiger partial charge in [-0.15, -0.1) is 0 Å². The normalized spacial score (nSPS) is 11.0. The van der Waals surface area contributed by atoms with E-state index >= 15 is 0 Å². The second kappa shape index (κ2) is 5.42. The summed E-state index contributed by atoms with van der Waals surface area (Å²) in [5.74, 6) is -0.537. The number of hydrogen-bond acceptors (Lipinski definition) is 4. The van der Waals surface area contributed by atoms with Gasteiger partial charge in [0.05, 0.1) is 19.0 Å². The fourth-order valence-electron chi connectivity index (χ4n) is 2.40. The van der Waals surface area contributed by atoms with Crippen LogP contribution in [-0.2, 0) is 7.05 Å². The Balaban J connectivity index is 2.07. The average molecular weight is 319 g/mol. The van der Waals surface area contributed by atoms with Gasteiger partial charge in [-0.3, -0.25) is 0 Å². The van der Waals surface area contributed by atoms with Gasteiger partial charge in [0.2, 0.25) is 0 Å². The third-order valence-corrected chi connectivity index (χ3v) is 3.65. The van der Waals surface area contributed by atoms with E-state index in [1.165, 1.54) is 32.5 Å². The molecule has 7 heteroatoms. The van der Waals surface area contributed by atoms with Gasteiger partial charge >= 0.3 is 0 Å². The lowest BCUT2D eigenvalue weighted by atomic mass is 10.1. The fraction of sp³-hybridized carbons (Fsp3) is 0.188. The fourth-order valence-corrected chi connectivity index (χ4v) is 2.40. The van der Waals surface area contributed by atoms with Crippen molar-refractivity contribution < 1.29 is 18.3 Å². The molecule has 0 aliphatic carbocycles. The van der Waals surface area contributed by atoms with E-state index in [0.717, 1.165) is 0 Å². The Morgan fingerprint density at radius 2 is 1.91 bits per heavy atom. The van der Waals surface area contributed by atoms with E-state index in [1.54, 1.807) is 17.7 Å². The standard InChI is InChI=1S/C16H15F2N3O2/c1-8-12(6-13(22-3)15(19)14(8)18)23-9-4-10(17)16-11(5-9)20-7-21(16)2/h4-7H,19H2,1-3H3. The first kappa shape index (κ1) is 15.1. The van der Waals surface area contributed by atoms with Crippen molar-refractivity contribution in [2.45, 2.75) is 6.92 Å². The highest BCUT2D eigenvalue weighted by atomic mass is 19.1. The van der Waals surface area contributed by atoms with Crippen LogP contribution < -0.4 is 15.2 Å². The quantitative estimate of drug-likeness (QED) is 0.750. The van der Waals surface area contributed by atoms with Crippen molar-refractivity contribution in [1.29, 1.82) is 0 Å². The summed E-state index contributed by atoms with van der Waals surface area (Å²) in [6, 6.07) is 4.27. The zero-order valence-corrected chi connectivity index (χ0v) is 12.9. The molecule has 2 N–H and O–H groups in total. The topological polar surface area (TPSA) is 62.3 Å². The van der Waals surface area contributed by atoms with Gasteiger partial charge in [-0.25, -0.2) is 13.8 Å². The van der Waals surface area contributed by atoms with Crippen molar-refractivity contribution in [3.63, 3.8) is 0 Å². The molecule has 23 heavy (non-hydrogen) atoms. The van der Waals surface area contributed by atoms with Gasteiger partial charge in [-0.1, -0.05) is 0 Å². The molecule has 5 nitrogen and oxygen atoms in total. The number of halogens is 2. The highest BCUT2D eigenvalue weighted by Crippen LogP contribution is 2.37. The molecular weight excluding hydrogens is 304 g/mol. The van der Waals surface area contributed by atoms with Crippen LogP contribution in [0, 0.1) is 18.6 Å². The monoisotopic (exact) mass is 319 g/mol. The predicted octanol–water partition coefficient (Wildman–Crippen LogP) is 3.54. The molecule has 3 aromatic rings. The summed E-state index contributed by atoms with van der Waals surface area (Å²) in [4.78, 5) is 4.09. The van der Waals surface area contributed by atoms with Crippen LogP contribution in [0.15, 0.2) is 24.5 Å². The van der Waals surface area contributed by atoms with Gasteiger partial charge in [0, 0.05) is 30.8 Å². The number of rotatable bonds is 3. The molecule has 0 unspecified atom stereocenters. The molecule has 0 radical (unpaired) electrons. The van der Waals surface area contributed by atoms with E-state index in [9.17, 15) is 8.78 Å².